The molecule has 2 N–H and O–H groups in total. The van der Waals surface area contributed by atoms with E-state index in [9.17, 15) is 0 Å². The molecule has 3 nitrogen and oxygen atoms in total. The van der Waals surface area contributed by atoms with E-state index in [1.54, 1.807) is 0 Å². The second kappa shape index (κ2) is 3.97. The van der Waals surface area contributed by atoms with Gasteiger partial charge in [0.05, 0.1) is 5.69 Å². The Morgan fingerprint density at radius 3 is 2.93 bits per heavy atom. The number of aromatic nitrogens is 2. The molecule has 0 aromatic carbocycles. The summed E-state index contributed by atoms with van der Waals surface area (Å²) in [4.78, 5) is 4.69. The molecular formula is C12H21N3. The first kappa shape index (κ1) is 10.7. The number of rotatable bonds is 3. The van der Waals surface area contributed by atoms with Crippen LogP contribution in [0.25, 0.3) is 0 Å². The van der Waals surface area contributed by atoms with Crippen LogP contribution in [0.1, 0.15) is 38.2 Å². The van der Waals surface area contributed by atoms with Gasteiger partial charge in [-0.3, -0.25) is 0 Å². The molecule has 0 spiro atoms. The second-order valence-corrected chi connectivity index (χ2v) is 5.34. The third kappa shape index (κ3) is 2.40. The minimum Gasteiger partial charge on any atom is -0.335 e. The zero-order chi connectivity index (χ0) is 10.9. The normalized spacial score (nSPS) is 16.5. The molecule has 15 heavy (non-hydrogen) atoms. The largest absolute Gasteiger partial charge is 0.335 e. The lowest BCUT2D eigenvalue weighted by Gasteiger charge is -2.20. The van der Waals surface area contributed by atoms with Crippen LogP contribution in [0.5, 0.6) is 0 Å². The van der Waals surface area contributed by atoms with Crippen molar-refractivity contribution in [3.05, 3.63) is 17.7 Å². The molecule has 0 amide bonds. The zero-order valence-corrected chi connectivity index (χ0v) is 9.79. The highest BCUT2D eigenvalue weighted by Crippen LogP contribution is 2.22. The SMILES string of the molecule is CC(C)(CN)Cc1cn2c(n1)CCCC2. The van der Waals surface area contributed by atoms with Crippen LogP contribution in [0, 0.1) is 5.41 Å². The second-order valence-electron chi connectivity index (χ2n) is 5.34. The predicted octanol–water partition coefficient (Wildman–Crippen LogP) is 1.75. The monoisotopic (exact) mass is 207 g/mol. The lowest BCUT2D eigenvalue weighted by Crippen LogP contribution is -2.26. The standard InChI is InChI=1S/C12H21N3/c1-12(2,9-13)7-10-8-15-6-4-3-5-11(15)14-10/h8H,3-7,9,13H2,1-2H3. The number of hydrogen-bond donors (Lipinski definition) is 1. The summed E-state index contributed by atoms with van der Waals surface area (Å²) in [7, 11) is 0. The Hall–Kier alpha value is -0.830. The Bertz CT molecular complexity index is 315. The Labute approximate surface area is 91.7 Å². The molecular weight excluding hydrogens is 186 g/mol. The van der Waals surface area contributed by atoms with Crippen LogP contribution in [0.3, 0.4) is 0 Å². The van der Waals surface area contributed by atoms with E-state index < -0.39 is 0 Å². The maximum atomic E-state index is 5.74. The Morgan fingerprint density at radius 1 is 1.47 bits per heavy atom. The van der Waals surface area contributed by atoms with Crippen molar-refractivity contribution in [3.8, 4) is 0 Å². The summed E-state index contributed by atoms with van der Waals surface area (Å²) < 4.78 is 2.31. The van der Waals surface area contributed by atoms with E-state index >= 15 is 0 Å². The average molecular weight is 207 g/mol. The molecule has 0 unspecified atom stereocenters. The van der Waals surface area contributed by atoms with Gasteiger partial charge in [-0.15, -0.1) is 0 Å². The first-order valence-corrected chi connectivity index (χ1v) is 5.86. The summed E-state index contributed by atoms with van der Waals surface area (Å²) >= 11 is 0. The summed E-state index contributed by atoms with van der Waals surface area (Å²) in [6.45, 7) is 6.26. The average Bonchev–Trinajstić information content (AvgIpc) is 2.58. The maximum Gasteiger partial charge on any atom is 0.108 e. The maximum absolute atomic E-state index is 5.74. The van der Waals surface area contributed by atoms with E-state index in [1.807, 2.05) is 0 Å². The fraction of sp³-hybridized carbons (Fsp3) is 0.750. The van der Waals surface area contributed by atoms with Gasteiger partial charge in [-0.2, -0.15) is 0 Å². The lowest BCUT2D eigenvalue weighted by molar-refractivity contribution is 0.373. The molecule has 0 atom stereocenters. The predicted molar refractivity (Wildman–Crippen MR) is 61.7 cm³/mol. The molecule has 2 rings (SSSR count). The number of aryl methyl sites for hydroxylation is 2. The minimum atomic E-state index is 0.171. The first-order chi connectivity index (χ1) is 7.11. The lowest BCUT2D eigenvalue weighted by atomic mass is 9.88. The quantitative estimate of drug-likeness (QED) is 0.820. The van der Waals surface area contributed by atoms with Crippen molar-refractivity contribution < 1.29 is 0 Å². The third-order valence-electron chi connectivity index (χ3n) is 3.17. The molecule has 3 heteroatoms. The molecule has 1 aromatic heterocycles. The minimum absolute atomic E-state index is 0.171. The van der Waals surface area contributed by atoms with Crippen LogP contribution in [-0.4, -0.2) is 16.1 Å². The van der Waals surface area contributed by atoms with Crippen LogP contribution in [0.15, 0.2) is 6.20 Å². The van der Waals surface area contributed by atoms with Crippen molar-refractivity contribution in [2.75, 3.05) is 6.54 Å². The van der Waals surface area contributed by atoms with Gasteiger partial charge in [0.15, 0.2) is 0 Å². The van der Waals surface area contributed by atoms with Gasteiger partial charge in [0.1, 0.15) is 5.82 Å². The van der Waals surface area contributed by atoms with Crippen LogP contribution in [-0.2, 0) is 19.4 Å². The molecule has 84 valence electrons. The van der Waals surface area contributed by atoms with Gasteiger partial charge < -0.3 is 10.3 Å². The third-order valence-corrected chi connectivity index (χ3v) is 3.17. The molecule has 0 bridgehead atoms. The van der Waals surface area contributed by atoms with Crippen molar-refractivity contribution in [1.29, 1.82) is 0 Å². The van der Waals surface area contributed by atoms with Crippen molar-refractivity contribution in [1.82, 2.24) is 9.55 Å². The Balaban J connectivity index is 2.13. The highest BCUT2D eigenvalue weighted by Gasteiger charge is 2.20. The number of nitrogens with two attached hydrogens (primary N) is 1. The van der Waals surface area contributed by atoms with E-state index in [-0.39, 0.29) is 5.41 Å². The summed E-state index contributed by atoms with van der Waals surface area (Å²) in [5, 5.41) is 0. The van der Waals surface area contributed by atoms with E-state index in [1.165, 1.54) is 24.4 Å². The molecule has 1 aliphatic heterocycles. The highest BCUT2D eigenvalue weighted by atomic mass is 15.1. The van der Waals surface area contributed by atoms with Crippen molar-refractivity contribution in [3.63, 3.8) is 0 Å². The summed E-state index contributed by atoms with van der Waals surface area (Å²) in [5.41, 5.74) is 7.12. The first-order valence-electron chi connectivity index (χ1n) is 5.86. The smallest absolute Gasteiger partial charge is 0.108 e. The van der Waals surface area contributed by atoms with Gasteiger partial charge in [0.2, 0.25) is 0 Å². The van der Waals surface area contributed by atoms with Gasteiger partial charge in [-0.05, 0) is 31.2 Å². The van der Waals surface area contributed by atoms with Crippen molar-refractivity contribution >= 4 is 0 Å². The molecule has 0 saturated heterocycles. The van der Waals surface area contributed by atoms with Crippen molar-refractivity contribution in [2.24, 2.45) is 11.1 Å². The number of imidazole rings is 1. The van der Waals surface area contributed by atoms with Crippen LogP contribution in [0.2, 0.25) is 0 Å². The van der Waals surface area contributed by atoms with Gasteiger partial charge >= 0.3 is 0 Å². The molecule has 0 saturated carbocycles. The molecule has 2 heterocycles. The van der Waals surface area contributed by atoms with Crippen molar-refractivity contribution in [2.45, 2.75) is 46.1 Å². The van der Waals surface area contributed by atoms with Gasteiger partial charge in [0, 0.05) is 19.2 Å². The summed E-state index contributed by atoms with van der Waals surface area (Å²) in [6.07, 6.45) is 6.93. The van der Waals surface area contributed by atoms with E-state index in [0.717, 1.165) is 25.9 Å². The molecule has 0 radical (unpaired) electrons. The van der Waals surface area contributed by atoms with Gasteiger partial charge in [0.25, 0.3) is 0 Å². The molecule has 0 fully saturated rings. The van der Waals surface area contributed by atoms with E-state index in [0.29, 0.717) is 0 Å². The van der Waals surface area contributed by atoms with Gasteiger partial charge in [-0.25, -0.2) is 4.98 Å². The van der Waals surface area contributed by atoms with Crippen LogP contribution in [0.4, 0.5) is 0 Å². The van der Waals surface area contributed by atoms with Gasteiger partial charge in [-0.1, -0.05) is 13.8 Å². The zero-order valence-electron chi connectivity index (χ0n) is 9.79. The molecule has 0 aliphatic carbocycles. The molecule has 1 aliphatic rings. The summed E-state index contributed by atoms with van der Waals surface area (Å²) in [5.74, 6) is 1.27. The number of fused-ring (bicyclic) bond motifs is 1. The van der Waals surface area contributed by atoms with E-state index in [2.05, 4.69) is 24.6 Å². The van der Waals surface area contributed by atoms with Crippen LogP contribution < -0.4 is 5.73 Å². The highest BCUT2D eigenvalue weighted by molar-refractivity contribution is 5.08. The fourth-order valence-electron chi connectivity index (χ4n) is 2.12. The summed E-state index contributed by atoms with van der Waals surface area (Å²) in [6, 6.07) is 0. The molecule has 1 aromatic rings. The Morgan fingerprint density at radius 2 is 2.27 bits per heavy atom. The topological polar surface area (TPSA) is 43.8 Å². The number of hydrogen-bond acceptors (Lipinski definition) is 2. The Kier molecular flexibility index (Phi) is 2.83. The van der Waals surface area contributed by atoms with E-state index in [4.69, 9.17) is 10.7 Å². The number of nitrogens with zero attached hydrogens (tertiary/aromatic N) is 2. The fourth-order valence-corrected chi connectivity index (χ4v) is 2.12. The van der Waals surface area contributed by atoms with Crippen LogP contribution >= 0.6 is 0 Å².